The van der Waals surface area contributed by atoms with Crippen molar-refractivity contribution in [3.63, 3.8) is 0 Å². The SMILES string of the molecule is Fc1ccccc1Cn1[c]cc2cc(Cl)ccc21. The Morgan fingerprint density at radius 3 is 2.83 bits per heavy atom. The summed E-state index contributed by atoms with van der Waals surface area (Å²) in [5.41, 5.74) is 1.66. The summed E-state index contributed by atoms with van der Waals surface area (Å²) in [6, 6.07) is 14.3. The molecule has 1 nitrogen and oxygen atoms in total. The Bertz CT molecular complexity index is 703. The predicted molar refractivity (Wildman–Crippen MR) is 71.3 cm³/mol. The Balaban J connectivity index is 2.03. The molecule has 3 rings (SSSR count). The van der Waals surface area contributed by atoms with Gasteiger partial charge in [0, 0.05) is 21.5 Å². The molecule has 3 heteroatoms. The van der Waals surface area contributed by atoms with Crippen LogP contribution in [0.4, 0.5) is 4.39 Å². The fraction of sp³-hybridized carbons (Fsp3) is 0.0667. The fourth-order valence-corrected chi connectivity index (χ4v) is 2.21. The molecule has 0 bridgehead atoms. The summed E-state index contributed by atoms with van der Waals surface area (Å²) in [5.74, 6) is -0.193. The number of hydrogen-bond acceptors (Lipinski definition) is 0. The van der Waals surface area contributed by atoms with Gasteiger partial charge in [-0.15, -0.1) is 0 Å². The summed E-state index contributed by atoms with van der Waals surface area (Å²) in [4.78, 5) is 0. The maximum absolute atomic E-state index is 13.6. The summed E-state index contributed by atoms with van der Waals surface area (Å²) in [7, 11) is 0. The Morgan fingerprint density at radius 2 is 2.00 bits per heavy atom. The number of rotatable bonds is 2. The average molecular weight is 259 g/mol. The molecule has 0 aliphatic carbocycles. The second-order valence-corrected chi connectivity index (χ2v) is 4.59. The molecule has 0 aliphatic rings. The van der Waals surface area contributed by atoms with Crippen LogP contribution in [0.25, 0.3) is 10.9 Å². The molecule has 0 saturated heterocycles. The van der Waals surface area contributed by atoms with E-state index in [1.807, 2.05) is 34.9 Å². The van der Waals surface area contributed by atoms with Gasteiger partial charge in [0.25, 0.3) is 0 Å². The Labute approximate surface area is 109 Å². The van der Waals surface area contributed by atoms with Crippen molar-refractivity contribution in [2.24, 2.45) is 0 Å². The minimum absolute atomic E-state index is 0.193. The molecule has 0 N–H and O–H groups in total. The van der Waals surface area contributed by atoms with Crippen LogP contribution in [0.1, 0.15) is 5.56 Å². The molecule has 1 heterocycles. The third kappa shape index (κ3) is 2.00. The van der Waals surface area contributed by atoms with E-state index in [9.17, 15) is 4.39 Å². The van der Waals surface area contributed by atoms with E-state index in [-0.39, 0.29) is 5.82 Å². The van der Waals surface area contributed by atoms with Gasteiger partial charge in [0.2, 0.25) is 0 Å². The first kappa shape index (κ1) is 11.3. The monoisotopic (exact) mass is 258 g/mol. The molecule has 2 aromatic carbocycles. The number of nitrogens with zero attached hydrogens (tertiary/aromatic N) is 1. The van der Waals surface area contributed by atoms with Crippen LogP contribution in [0, 0.1) is 12.0 Å². The quantitative estimate of drug-likeness (QED) is 0.646. The van der Waals surface area contributed by atoms with Gasteiger partial charge in [0.05, 0.1) is 12.7 Å². The van der Waals surface area contributed by atoms with E-state index in [0.717, 1.165) is 10.9 Å². The van der Waals surface area contributed by atoms with E-state index in [0.29, 0.717) is 17.1 Å². The highest BCUT2D eigenvalue weighted by Crippen LogP contribution is 2.21. The first-order valence-corrected chi connectivity index (χ1v) is 6.02. The molecule has 0 aliphatic heterocycles. The Morgan fingerprint density at radius 1 is 1.17 bits per heavy atom. The van der Waals surface area contributed by atoms with Gasteiger partial charge in [-0.05, 0) is 30.3 Å². The minimum atomic E-state index is -0.193. The summed E-state index contributed by atoms with van der Waals surface area (Å²) in [6.07, 6.45) is 3.11. The van der Waals surface area contributed by atoms with Crippen LogP contribution in [-0.2, 0) is 6.54 Å². The number of aromatic nitrogens is 1. The van der Waals surface area contributed by atoms with Crippen LogP contribution in [0.15, 0.2) is 48.5 Å². The average Bonchev–Trinajstić information content (AvgIpc) is 2.74. The van der Waals surface area contributed by atoms with E-state index in [1.54, 1.807) is 12.1 Å². The minimum Gasteiger partial charge on any atom is -0.335 e. The predicted octanol–water partition coefficient (Wildman–Crippen LogP) is 4.28. The highest BCUT2D eigenvalue weighted by Gasteiger charge is 2.05. The largest absolute Gasteiger partial charge is 0.335 e. The maximum Gasteiger partial charge on any atom is 0.128 e. The van der Waals surface area contributed by atoms with Crippen molar-refractivity contribution >= 4 is 22.5 Å². The molecule has 0 spiro atoms. The van der Waals surface area contributed by atoms with Crippen molar-refractivity contribution in [3.8, 4) is 0 Å². The molecule has 18 heavy (non-hydrogen) atoms. The molecule has 0 amide bonds. The van der Waals surface area contributed by atoms with Crippen LogP contribution in [-0.4, -0.2) is 4.57 Å². The van der Waals surface area contributed by atoms with E-state index in [4.69, 9.17) is 11.6 Å². The van der Waals surface area contributed by atoms with E-state index in [2.05, 4.69) is 6.20 Å². The summed E-state index contributed by atoms with van der Waals surface area (Å²) < 4.78 is 15.5. The zero-order chi connectivity index (χ0) is 12.5. The molecular formula is C15H10ClFN. The van der Waals surface area contributed by atoms with Gasteiger partial charge in [0.1, 0.15) is 5.82 Å². The van der Waals surface area contributed by atoms with Crippen LogP contribution in [0.2, 0.25) is 5.02 Å². The lowest BCUT2D eigenvalue weighted by Crippen LogP contribution is -2.00. The standard InChI is InChI=1S/C15H10ClFN/c16-13-5-6-15-11(9-13)7-8-18(15)10-12-3-1-2-4-14(12)17/h1-7,9H,10H2. The molecule has 0 atom stereocenters. The van der Waals surface area contributed by atoms with Crippen LogP contribution in [0.3, 0.4) is 0 Å². The van der Waals surface area contributed by atoms with Gasteiger partial charge in [-0.1, -0.05) is 29.8 Å². The highest BCUT2D eigenvalue weighted by molar-refractivity contribution is 6.31. The van der Waals surface area contributed by atoms with Crippen LogP contribution >= 0.6 is 11.6 Å². The van der Waals surface area contributed by atoms with Gasteiger partial charge < -0.3 is 4.57 Å². The second kappa shape index (κ2) is 4.46. The van der Waals surface area contributed by atoms with Gasteiger partial charge in [-0.2, -0.15) is 0 Å². The molecule has 1 radical (unpaired) electrons. The van der Waals surface area contributed by atoms with Crippen molar-refractivity contribution in [3.05, 3.63) is 71.1 Å². The number of halogens is 2. The Hall–Kier alpha value is -1.80. The number of fused-ring (bicyclic) bond motifs is 1. The third-order valence-corrected chi connectivity index (χ3v) is 3.18. The number of hydrogen-bond donors (Lipinski definition) is 0. The lowest BCUT2D eigenvalue weighted by Gasteiger charge is -2.06. The smallest absolute Gasteiger partial charge is 0.128 e. The van der Waals surface area contributed by atoms with Gasteiger partial charge >= 0.3 is 0 Å². The van der Waals surface area contributed by atoms with Crippen molar-refractivity contribution in [2.45, 2.75) is 6.54 Å². The molecule has 0 saturated carbocycles. The lowest BCUT2D eigenvalue weighted by molar-refractivity contribution is 0.601. The van der Waals surface area contributed by atoms with E-state index < -0.39 is 0 Å². The molecule has 3 aromatic rings. The molecule has 0 fully saturated rings. The molecule has 1 aromatic heterocycles. The van der Waals surface area contributed by atoms with Crippen LogP contribution in [0.5, 0.6) is 0 Å². The third-order valence-electron chi connectivity index (χ3n) is 2.94. The zero-order valence-corrected chi connectivity index (χ0v) is 10.3. The zero-order valence-electron chi connectivity index (χ0n) is 9.53. The Kier molecular flexibility index (Phi) is 2.80. The van der Waals surface area contributed by atoms with Gasteiger partial charge in [-0.3, -0.25) is 0 Å². The van der Waals surface area contributed by atoms with E-state index >= 15 is 0 Å². The normalized spacial score (nSPS) is 11.0. The van der Waals surface area contributed by atoms with Crippen molar-refractivity contribution < 1.29 is 4.39 Å². The fourth-order valence-electron chi connectivity index (χ4n) is 2.03. The maximum atomic E-state index is 13.6. The highest BCUT2D eigenvalue weighted by atomic mass is 35.5. The molecule has 0 unspecified atom stereocenters. The second-order valence-electron chi connectivity index (χ2n) is 4.15. The van der Waals surface area contributed by atoms with Crippen LogP contribution < -0.4 is 0 Å². The topological polar surface area (TPSA) is 4.93 Å². The van der Waals surface area contributed by atoms with Gasteiger partial charge in [-0.25, -0.2) is 4.39 Å². The number of benzene rings is 2. The summed E-state index contributed by atoms with van der Waals surface area (Å²) in [5, 5.41) is 1.71. The van der Waals surface area contributed by atoms with Crippen molar-refractivity contribution in [2.75, 3.05) is 0 Å². The summed E-state index contributed by atoms with van der Waals surface area (Å²) >= 11 is 5.93. The lowest BCUT2D eigenvalue weighted by atomic mass is 10.2. The summed E-state index contributed by atoms with van der Waals surface area (Å²) in [6.45, 7) is 0.470. The molecule has 89 valence electrons. The van der Waals surface area contributed by atoms with Crippen molar-refractivity contribution in [1.82, 2.24) is 4.57 Å². The first-order valence-electron chi connectivity index (χ1n) is 5.64. The molecular weight excluding hydrogens is 249 g/mol. The first-order chi connectivity index (χ1) is 8.74. The van der Waals surface area contributed by atoms with Gasteiger partial charge in [0.15, 0.2) is 0 Å². The van der Waals surface area contributed by atoms with E-state index in [1.165, 1.54) is 6.07 Å². The van der Waals surface area contributed by atoms with Crippen molar-refractivity contribution in [1.29, 1.82) is 0 Å².